The predicted octanol–water partition coefficient (Wildman–Crippen LogP) is 9.77. The van der Waals surface area contributed by atoms with Gasteiger partial charge in [0.2, 0.25) is 0 Å². The minimum absolute atomic E-state index is 0.0424. The molecule has 0 aromatic heterocycles. The van der Waals surface area contributed by atoms with Crippen LogP contribution in [0.1, 0.15) is 136 Å². The van der Waals surface area contributed by atoms with E-state index in [1.165, 1.54) is 44.9 Å². The maximum atomic E-state index is 12.5. The molecule has 0 aromatic rings. The first-order valence-electron chi connectivity index (χ1n) is 18.3. The summed E-state index contributed by atoms with van der Waals surface area (Å²) in [6, 6.07) is 0. The van der Waals surface area contributed by atoms with Crippen LogP contribution in [0.4, 0.5) is 0 Å². The van der Waals surface area contributed by atoms with Crippen LogP contribution in [-0.2, 0) is 32.7 Å². The fourth-order valence-electron chi connectivity index (χ4n) is 4.49. The van der Waals surface area contributed by atoms with Crippen LogP contribution in [-0.4, -0.2) is 49.3 Å². The Hall–Kier alpha value is -2.29. The van der Waals surface area contributed by atoms with E-state index in [0.29, 0.717) is 12.8 Å². The number of phosphoric ester groups is 1. The topological polar surface area (TPSA) is 134 Å². The number of nitrogens with two attached hydrogens (primary N) is 1. The third kappa shape index (κ3) is 33.6. The summed E-state index contributed by atoms with van der Waals surface area (Å²) in [6.45, 7) is 3.50. The number of allylic oxidation sites excluding steroid dienone is 10. The molecule has 0 aliphatic carbocycles. The SMILES string of the molecule is CC/C=C\C/C=C\C/C=C\C/C=C\C/C=C\CCCC(=O)OC(COC(=O)CCCCCCCCCCCC)COP(=O)(O)OCCN. The lowest BCUT2D eigenvalue weighted by atomic mass is 10.1. The minimum atomic E-state index is -4.38. The maximum Gasteiger partial charge on any atom is 0.472 e. The van der Waals surface area contributed by atoms with Crippen molar-refractivity contribution in [2.45, 2.75) is 142 Å². The number of carbonyl (C=O) groups is 2. The van der Waals surface area contributed by atoms with Gasteiger partial charge in [-0.1, -0.05) is 132 Å². The van der Waals surface area contributed by atoms with Gasteiger partial charge in [-0.2, -0.15) is 0 Å². The summed E-state index contributed by atoms with van der Waals surface area (Å²) in [7, 11) is -4.38. The van der Waals surface area contributed by atoms with Gasteiger partial charge in [-0.3, -0.25) is 18.6 Å². The highest BCUT2D eigenvalue weighted by molar-refractivity contribution is 7.47. The van der Waals surface area contributed by atoms with Gasteiger partial charge in [-0.25, -0.2) is 4.57 Å². The number of ether oxygens (including phenoxy) is 2. The zero-order valence-electron chi connectivity index (χ0n) is 29.9. The molecular formula is C38H66NO8P. The maximum absolute atomic E-state index is 12.5. The second-order valence-corrected chi connectivity index (χ2v) is 13.2. The molecule has 0 aliphatic heterocycles. The largest absolute Gasteiger partial charge is 0.472 e. The lowest BCUT2D eigenvalue weighted by Crippen LogP contribution is -2.29. The zero-order chi connectivity index (χ0) is 35.4. The van der Waals surface area contributed by atoms with E-state index in [2.05, 4.69) is 68.5 Å². The molecule has 9 nitrogen and oxygen atoms in total. The molecule has 0 fully saturated rings. The normalized spacial score (nSPS) is 14.2. The lowest BCUT2D eigenvalue weighted by molar-refractivity contribution is -0.161. The molecule has 3 N–H and O–H groups in total. The molecule has 0 rings (SSSR count). The summed E-state index contributed by atoms with van der Waals surface area (Å²) >= 11 is 0. The van der Waals surface area contributed by atoms with Gasteiger partial charge in [0.05, 0.1) is 13.2 Å². The van der Waals surface area contributed by atoms with Crippen molar-refractivity contribution in [1.29, 1.82) is 0 Å². The van der Waals surface area contributed by atoms with Crippen LogP contribution >= 0.6 is 7.82 Å². The van der Waals surface area contributed by atoms with Crippen molar-refractivity contribution < 1.29 is 37.6 Å². The van der Waals surface area contributed by atoms with Crippen LogP contribution in [0.15, 0.2) is 60.8 Å². The molecule has 0 saturated carbocycles. The second-order valence-electron chi connectivity index (χ2n) is 11.7. The van der Waals surface area contributed by atoms with Crippen LogP contribution in [0.3, 0.4) is 0 Å². The number of hydrogen-bond acceptors (Lipinski definition) is 8. The van der Waals surface area contributed by atoms with E-state index >= 15 is 0 Å². The molecule has 10 heteroatoms. The Bertz CT molecular complexity index is 976. The Balaban J connectivity index is 4.37. The smallest absolute Gasteiger partial charge is 0.462 e. The van der Waals surface area contributed by atoms with Crippen molar-refractivity contribution in [2.24, 2.45) is 5.73 Å². The Labute approximate surface area is 291 Å². The van der Waals surface area contributed by atoms with Crippen molar-refractivity contribution in [3.63, 3.8) is 0 Å². The van der Waals surface area contributed by atoms with E-state index in [1.807, 2.05) is 6.08 Å². The second kappa shape index (κ2) is 34.6. The molecule has 276 valence electrons. The van der Waals surface area contributed by atoms with Gasteiger partial charge in [-0.05, 0) is 51.4 Å². The van der Waals surface area contributed by atoms with Crippen LogP contribution in [0, 0.1) is 0 Å². The molecule has 48 heavy (non-hydrogen) atoms. The van der Waals surface area contributed by atoms with Gasteiger partial charge in [0.25, 0.3) is 0 Å². The third-order valence-electron chi connectivity index (χ3n) is 7.17. The number of unbranched alkanes of at least 4 members (excludes halogenated alkanes) is 10. The average molecular weight is 696 g/mol. The van der Waals surface area contributed by atoms with Crippen LogP contribution < -0.4 is 5.73 Å². The van der Waals surface area contributed by atoms with Crippen LogP contribution in [0.2, 0.25) is 0 Å². The number of carbonyl (C=O) groups excluding carboxylic acids is 2. The van der Waals surface area contributed by atoms with Crippen molar-refractivity contribution in [3.05, 3.63) is 60.8 Å². The van der Waals surface area contributed by atoms with E-state index < -0.39 is 32.5 Å². The van der Waals surface area contributed by atoms with Gasteiger partial charge in [0, 0.05) is 19.4 Å². The molecular weight excluding hydrogens is 629 g/mol. The lowest BCUT2D eigenvalue weighted by Gasteiger charge is -2.19. The van der Waals surface area contributed by atoms with E-state index in [1.54, 1.807) is 0 Å². The fourth-order valence-corrected chi connectivity index (χ4v) is 5.26. The van der Waals surface area contributed by atoms with E-state index in [4.69, 9.17) is 24.3 Å². The zero-order valence-corrected chi connectivity index (χ0v) is 30.8. The first-order chi connectivity index (χ1) is 23.3. The Kier molecular flexibility index (Phi) is 32.9. The highest BCUT2D eigenvalue weighted by Crippen LogP contribution is 2.43. The Morgan fingerprint density at radius 1 is 0.646 bits per heavy atom. The van der Waals surface area contributed by atoms with E-state index in [9.17, 15) is 19.0 Å². The minimum Gasteiger partial charge on any atom is -0.462 e. The summed E-state index contributed by atoms with van der Waals surface area (Å²) in [5.41, 5.74) is 5.32. The summed E-state index contributed by atoms with van der Waals surface area (Å²) in [5, 5.41) is 0. The van der Waals surface area contributed by atoms with E-state index in [0.717, 1.165) is 51.4 Å². The van der Waals surface area contributed by atoms with Gasteiger partial charge >= 0.3 is 19.8 Å². The monoisotopic (exact) mass is 695 g/mol. The van der Waals surface area contributed by atoms with Crippen LogP contribution in [0.25, 0.3) is 0 Å². The van der Waals surface area contributed by atoms with Crippen molar-refractivity contribution in [2.75, 3.05) is 26.4 Å². The standard InChI is InChI=1S/C38H66NO8P/c1-3-5-7-9-11-13-15-16-17-18-19-20-21-23-25-27-29-31-38(41)47-36(35-46-48(42,43)45-33-32-39)34-44-37(40)30-28-26-24-22-14-12-10-8-6-4-2/h5,7,11,13,16-17,19-20,23,25,36H,3-4,6,8-10,12,14-15,18,21-22,24,26-35,39H2,1-2H3,(H,42,43)/b7-5-,13-11-,17-16-,20-19-,25-23-. The van der Waals surface area contributed by atoms with Crippen LogP contribution in [0.5, 0.6) is 0 Å². The highest BCUT2D eigenvalue weighted by atomic mass is 31.2. The molecule has 0 saturated heterocycles. The molecule has 2 atom stereocenters. The molecule has 0 amide bonds. The molecule has 0 aliphatic rings. The van der Waals surface area contributed by atoms with Gasteiger partial charge < -0.3 is 20.1 Å². The number of rotatable bonds is 33. The molecule has 0 aromatic carbocycles. The first-order valence-corrected chi connectivity index (χ1v) is 19.8. The quantitative estimate of drug-likeness (QED) is 0.0298. The van der Waals surface area contributed by atoms with Crippen molar-refractivity contribution in [1.82, 2.24) is 0 Å². The predicted molar refractivity (Wildman–Crippen MR) is 196 cm³/mol. The Morgan fingerprint density at radius 3 is 1.69 bits per heavy atom. The third-order valence-corrected chi connectivity index (χ3v) is 8.15. The molecule has 0 radical (unpaired) electrons. The fraction of sp³-hybridized carbons (Fsp3) is 0.684. The summed E-state index contributed by atoms with van der Waals surface area (Å²) in [6.07, 6.45) is 38.3. The average Bonchev–Trinajstić information content (AvgIpc) is 3.07. The summed E-state index contributed by atoms with van der Waals surface area (Å²) < 4.78 is 32.5. The molecule has 0 bridgehead atoms. The molecule has 0 heterocycles. The van der Waals surface area contributed by atoms with Crippen molar-refractivity contribution >= 4 is 19.8 Å². The van der Waals surface area contributed by atoms with E-state index in [-0.39, 0.29) is 32.6 Å². The number of hydrogen-bond donors (Lipinski definition) is 2. The highest BCUT2D eigenvalue weighted by Gasteiger charge is 2.25. The molecule has 2 unspecified atom stereocenters. The first kappa shape index (κ1) is 45.7. The summed E-state index contributed by atoms with van der Waals surface area (Å²) in [4.78, 5) is 34.6. The molecule has 0 spiro atoms. The van der Waals surface area contributed by atoms with Crippen molar-refractivity contribution in [3.8, 4) is 0 Å². The number of esters is 2. The van der Waals surface area contributed by atoms with Gasteiger partial charge in [0.1, 0.15) is 6.61 Å². The summed E-state index contributed by atoms with van der Waals surface area (Å²) in [5.74, 6) is -0.905. The van der Waals surface area contributed by atoms with Gasteiger partial charge in [-0.15, -0.1) is 0 Å². The Morgan fingerprint density at radius 2 is 1.15 bits per heavy atom. The number of phosphoric acid groups is 1. The van der Waals surface area contributed by atoms with Gasteiger partial charge in [0.15, 0.2) is 6.10 Å².